The van der Waals surface area contributed by atoms with Gasteiger partial charge in [0.2, 0.25) is 0 Å². The van der Waals surface area contributed by atoms with E-state index in [1.54, 1.807) is 30.5 Å². The fourth-order valence-corrected chi connectivity index (χ4v) is 2.48. The summed E-state index contributed by atoms with van der Waals surface area (Å²) in [6, 6.07) is 8.72. The van der Waals surface area contributed by atoms with Gasteiger partial charge < -0.3 is 9.47 Å². The molecule has 1 aromatic heterocycles. The van der Waals surface area contributed by atoms with Gasteiger partial charge in [-0.2, -0.15) is 0 Å². The number of hydrogen-bond acceptors (Lipinski definition) is 5. The van der Waals surface area contributed by atoms with Crippen LogP contribution >= 0.6 is 0 Å². The molecular formula is C18H17NO4. The Bertz CT molecular complexity index is 754. The van der Waals surface area contributed by atoms with Crippen LogP contribution in [0.1, 0.15) is 39.3 Å². The van der Waals surface area contributed by atoms with Crippen molar-refractivity contribution in [2.24, 2.45) is 0 Å². The summed E-state index contributed by atoms with van der Waals surface area (Å²) in [5, 5.41) is 0. The number of carbonyl (C=O) groups is 2. The highest BCUT2D eigenvalue weighted by atomic mass is 16.6. The van der Waals surface area contributed by atoms with Crippen molar-refractivity contribution in [1.29, 1.82) is 0 Å². The van der Waals surface area contributed by atoms with Crippen LogP contribution < -0.4 is 9.47 Å². The number of rotatable bonds is 5. The van der Waals surface area contributed by atoms with Gasteiger partial charge in [0, 0.05) is 24.6 Å². The first-order valence-corrected chi connectivity index (χ1v) is 7.53. The number of fused-ring (bicyclic) bond motifs is 1. The maximum absolute atomic E-state index is 12.3. The van der Waals surface area contributed by atoms with Gasteiger partial charge in [0.1, 0.15) is 18.9 Å². The van der Waals surface area contributed by atoms with Crippen LogP contribution in [0.3, 0.4) is 0 Å². The minimum absolute atomic E-state index is 0.0936. The quantitative estimate of drug-likeness (QED) is 0.794. The highest BCUT2D eigenvalue weighted by Gasteiger charge is 2.17. The number of aromatic nitrogens is 1. The predicted molar refractivity (Wildman–Crippen MR) is 84.3 cm³/mol. The van der Waals surface area contributed by atoms with E-state index in [1.165, 1.54) is 0 Å². The molecule has 0 amide bonds. The lowest BCUT2D eigenvalue weighted by Crippen LogP contribution is -2.16. The lowest BCUT2D eigenvalue weighted by molar-refractivity contribution is 0.0914. The molecule has 1 aromatic carbocycles. The Hall–Kier alpha value is -2.69. The van der Waals surface area contributed by atoms with Crippen LogP contribution in [-0.2, 0) is 0 Å². The van der Waals surface area contributed by atoms with Crippen molar-refractivity contribution in [1.82, 2.24) is 4.98 Å². The second kappa shape index (κ2) is 6.60. The van der Waals surface area contributed by atoms with Crippen LogP contribution in [0.5, 0.6) is 11.5 Å². The third-order valence-corrected chi connectivity index (χ3v) is 3.72. The first-order chi connectivity index (χ1) is 11.1. The largest absolute Gasteiger partial charge is 0.486 e. The molecule has 2 heterocycles. The molecule has 0 saturated carbocycles. The van der Waals surface area contributed by atoms with Crippen molar-refractivity contribution >= 4 is 11.6 Å². The van der Waals surface area contributed by atoms with Crippen LogP contribution in [-0.4, -0.2) is 29.8 Å². The average molecular weight is 311 g/mol. The minimum atomic E-state index is -0.117. The molecule has 0 atom stereocenters. The third-order valence-electron chi connectivity index (χ3n) is 3.72. The van der Waals surface area contributed by atoms with Gasteiger partial charge in [-0.1, -0.05) is 6.07 Å². The summed E-state index contributed by atoms with van der Waals surface area (Å²) in [7, 11) is 0. The summed E-state index contributed by atoms with van der Waals surface area (Å²) >= 11 is 0. The Balaban J connectivity index is 1.66. The predicted octanol–water partition coefficient (Wildman–Crippen LogP) is 3.01. The van der Waals surface area contributed by atoms with Crippen LogP contribution in [0.15, 0.2) is 36.5 Å². The Morgan fingerprint density at radius 1 is 1.04 bits per heavy atom. The summed E-state index contributed by atoms with van der Waals surface area (Å²) in [6.07, 6.45) is 1.88. The van der Waals surface area contributed by atoms with Gasteiger partial charge in [-0.05, 0) is 36.8 Å². The molecule has 0 unspecified atom stereocenters. The van der Waals surface area contributed by atoms with Gasteiger partial charge in [-0.3, -0.25) is 14.6 Å². The summed E-state index contributed by atoms with van der Waals surface area (Å²) in [4.78, 5) is 28.5. The van der Waals surface area contributed by atoms with Crippen LogP contribution in [0, 0.1) is 6.92 Å². The average Bonchev–Trinajstić information content (AvgIpc) is 2.59. The SMILES string of the molecule is Cc1cccnc1C(=O)CCC(=O)c1ccc2c(c1)OCCO2. The molecule has 1 aliphatic heterocycles. The van der Waals surface area contributed by atoms with Gasteiger partial charge in [0.25, 0.3) is 0 Å². The molecule has 1 aliphatic rings. The highest BCUT2D eigenvalue weighted by Crippen LogP contribution is 2.31. The van der Waals surface area contributed by atoms with Crippen molar-refractivity contribution in [3.8, 4) is 11.5 Å². The number of benzene rings is 1. The summed E-state index contributed by atoms with van der Waals surface area (Å²) in [6.45, 7) is 2.82. The zero-order valence-electron chi connectivity index (χ0n) is 12.9. The summed E-state index contributed by atoms with van der Waals surface area (Å²) in [5.74, 6) is 1.01. The molecule has 0 N–H and O–H groups in total. The van der Waals surface area contributed by atoms with E-state index < -0.39 is 0 Å². The number of ether oxygens (including phenoxy) is 2. The molecule has 0 spiro atoms. The monoisotopic (exact) mass is 311 g/mol. The van der Waals surface area contributed by atoms with Crippen molar-refractivity contribution in [3.63, 3.8) is 0 Å². The van der Waals surface area contributed by atoms with Gasteiger partial charge in [-0.15, -0.1) is 0 Å². The lowest BCUT2D eigenvalue weighted by Gasteiger charge is -2.18. The van der Waals surface area contributed by atoms with Crippen molar-refractivity contribution in [3.05, 3.63) is 53.3 Å². The molecular weight excluding hydrogens is 294 g/mol. The van der Waals surface area contributed by atoms with Crippen LogP contribution in [0.2, 0.25) is 0 Å². The van der Waals surface area contributed by atoms with Gasteiger partial charge >= 0.3 is 0 Å². The molecule has 0 bridgehead atoms. The van der Waals surface area contributed by atoms with E-state index in [0.717, 1.165) is 5.56 Å². The zero-order valence-corrected chi connectivity index (χ0v) is 12.9. The maximum atomic E-state index is 12.3. The molecule has 5 nitrogen and oxygen atoms in total. The van der Waals surface area contributed by atoms with Crippen molar-refractivity contribution < 1.29 is 19.1 Å². The van der Waals surface area contributed by atoms with E-state index in [2.05, 4.69) is 4.98 Å². The van der Waals surface area contributed by atoms with E-state index in [0.29, 0.717) is 36.0 Å². The van der Waals surface area contributed by atoms with E-state index >= 15 is 0 Å². The van der Waals surface area contributed by atoms with E-state index in [4.69, 9.17) is 9.47 Å². The van der Waals surface area contributed by atoms with E-state index in [9.17, 15) is 9.59 Å². The Kier molecular flexibility index (Phi) is 4.37. The van der Waals surface area contributed by atoms with Gasteiger partial charge in [-0.25, -0.2) is 0 Å². The minimum Gasteiger partial charge on any atom is -0.486 e. The normalized spacial score (nSPS) is 12.7. The zero-order chi connectivity index (χ0) is 16.2. The van der Waals surface area contributed by atoms with E-state index in [-0.39, 0.29) is 24.4 Å². The second-order valence-corrected chi connectivity index (χ2v) is 5.37. The maximum Gasteiger partial charge on any atom is 0.181 e. The van der Waals surface area contributed by atoms with Crippen LogP contribution in [0.4, 0.5) is 0 Å². The number of nitrogens with zero attached hydrogens (tertiary/aromatic N) is 1. The number of ketones is 2. The van der Waals surface area contributed by atoms with Crippen LogP contribution in [0.25, 0.3) is 0 Å². The summed E-state index contributed by atoms with van der Waals surface area (Å²) < 4.78 is 10.9. The topological polar surface area (TPSA) is 65.5 Å². The fraction of sp³-hybridized carbons (Fsp3) is 0.278. The number of hydrogen-bond donors (Lipinski definition) is 0. The molecule has 5 heteroatoms. The number of carbonyl (C=O) groups excluding carboxylic acids is 2. The molecule has 118 valence electrons. The first-order valence-electron chi connectivity index (χ1n) is 7.53. The summed E-state index contributed by atoms with van der Waals surface area (Å²) in [5.41, 5.74) is 1.78. The Labute approximate surface area is 134 Å². The fourth-order valence-electron chi connectivity index (χ4n) is 2.48. The molecule has 2 aromatic rings. The smallest absolute Gasteiger partial charge is 0.181 e. The number of pyridine rings is 1. The molecule has 3 rings (SSSR count). The number of Topliss-reactive ketones (excluding diaryl/α,β-unsaturated/α-hetero) is 2. The molecule has 0 saturated heterocycles. The Morgan fingerprint density at radius 3 is 2.57 bits per heavy atom. The first kappa shape index (κ1) is 15.2. The molecule has 0 radical (unpaired) electrons. The van der Waals surface area contributed by atoms with Crippen molar-refractivity contribution in [2.75, 3.05) is 13.2 Å². The lowest BCUT2D eigenvalue weighted by atomic mass is 10.0. The van der Waals surface area contributed by atoms with Gasteiger partial charge in [0.15, 0.2) is 23.1 Å². The highest BCUT2D eigenvalue weighted by molar-refractivity contribution is 6.02. The standard InChI is InChI=1S/C18H17NO4/c1-12-3-2-8-19-18(12)15(21)6-5-14(20)13-4-7-16-17(11-13)23-10-9-22-16/h2-4,7-8,11H,5-6,9-10H2,1H3. The number of aryl methyl sites for hydroxylation is 1. The Morgan fingerprint density at radius 2 is 1.78 bits per heavy atom. The second-order valence-electron chi connectivity index (χ2n) is 5.37. The molecule has 0 aliphatic carbocycles. The molecule has 23 heavy (non-hydrogen) atoms. The van der Waals surface area contributed by atoms with Gasteiger partial charge in [0.05, 0.1) is 0 Å². The third kappa shape index (κ3) is 3.39. The molecule has 0 fully saturated rings. The van der Waals surface area contributed by atoms with E-state index in [1.807, 2.05) is 13.0 Å². The van der Waals surface area contributed by atoms with Crippen molar-refractivity contribution in [2.45, 2.75) is 19.8 Å².